The van der Waals surface area contributed by atoms with Gasteiger partial charge in [-0.15, -0.1) is 0 Å². The third kappa shape index (κ3) is 3.33. The molecule has 0 amide bonds. The van der Waals surface area contributed by atoms with Gasteiger partial charge in [-0.2, -0.15) is 0 Å². The molecule has 0 aliphatic heterocycles. The number of allylic oxidation sites excluding steroid dienone is 2. The molecule has 0 aromatic heterocycles. The summed E-state index contributed by atoms with van der Waals surface area (Å²) in [7, 11) is 0. The Morgan fingerprint density at radius 3 is 2.13 bits per heavy atom. The Morgan fingerprint density at radius 1 is 0.553 bits per heavy atom. The van der Waals surface area contributed by atoms with Gasteiger partial charge in [0.25, 0.3) is 0 Å². The van der Waals surface area contributed by atoms with Crippen LogP contribution in [0.5, 0.6) is 0 Å². The minimum atomic E-state index is -0.102. The molecular weight excluding hydrogens is 565 g/mol. The first-order valence-electron chi connectivity index (χ1n) is 16.9. The van der Waals surface area contributed by atoms with Crippen LogP contribution in [0.3, 0.4) is 0 Å². The van der Waals surface area contributed by atoms with Crippen molar-refractivity contribution < 1.29 is 0 Å². The molecule has 0 saturated carbocycles. The zero-order chi connectivity index (χ0) is 31.0. The molecule has 1 atom stereocenters. The minimum absolute atomic E-state index is 0.102. The standard InChI is InChI=1S/C47H32/c1-47(2)41-25-33(35-19-13-31-11-9-27-5-3-7-29-15-23-39(35)45(31)43(27)29)17-21-37(41)38-22-18-34(26-42(38)47)36-20-14-32-12-10-28-6-4-8-30-16-24-40(36)46(32)44(28)30/h3-5,7-26,36H,6H2,1-2H3. The lowest BCUT2D eigenvalue weighted by Gasteiger charge is -2.27. The smallest absolute Gasteiger partial charge is 0.0279 e. The fraction of sp³-hybridized carbons (Fsp3) is 0.106. The van der Waals surface area contributed by atoms with E-state index in [9.17, 15) is 0 Å². The minimum Gasteiger partial charge on any atom is -0.0795 e. The first-order chi connectivity index (χ1) is 23.0. The molecule has 47 heavy (non-hydrogen) atoms. The van der Waals surface area contributed by atoms with Gasteiger partial charge in [0.15, 0.2) is 0 Å². The third-order valence-corrected chi connectivity index (χ3v) is 11.7. The molecule has 11 rings (SSSR count). The second kappa shape index (κ2) is 8.87. The van der Waals surface area contributed by atoms with Crippen LogP contribution in [0.1, 0.15) is 58.7 Å². The molecule has 3 aliphatic carbocycles. The molecule has 0 saturated heterocycles. The van der Waals surface area contributed by atoms with Crippen LogP contribution in [0, 0.1) is 0 Å². The number of fused-ring (bicyclic) bond motifs is 3. The fourth-order valence-electron chi connectivity index (χ4n) is 9.37. The maximum Gasteiger partial charge on any atom is 0.0279 e. The van der Waals surface area contributed by atoms with Crippen LogP contribution in [-0.2, 0) is 11.8 Å². The number of rotatable bonds is 2. The van der Waals surface area contributed by atoms with Gasteiger partial charge in [-0.1, -0.05) is 147 Å². The van der Waals surface area contributed by atoms with E-state index in [4.69, 9.17) is 0 Å². The average molecular weight is 597 g/mol. The van der Waals surface area contributed by atoms with Crippen LogP contribution in [-0.4, -0.2) is 0 Å². The molecule has 0 fully saturated rings. The predicted molar refractivity (Wildman–Crippen MR) is 201 cm³/mol. The van der Waals surface area contributed by atoms with Crippen molar-refractivity contribution in [3.63, 3.8) is 0 Å². The Bertz CT molecular complexity index is 2710. The summed E-state index contributed by atoms with van der Waals surface area (Å²) in [6.07, 6.45) is 10.4. The molecule has 0 spiro atoms. The van der Waals surface area contributed by atoms with Crippen molar-refractivity contribution in [2.45, 2.75) is 31.6 Å². The summed E-state index contributed by atoms with van der Waals surface area (Å²) in [4.78, 5) is 0. The van der Waals surface area contributed by atoms with Gasteiger partial charge >= 0.3 is 0 Å². The number of benzene rings is 8. The first-order valence-corrected chi connectivity index (χ1v) is 16.9. The lowest BCUT2D eigenvalue weighted by atomic mass is 9.76. The molecule has 8 aromatic carbocycles. The van der Waals surface area contributed by atoms with Crippen LogP contribution in [0.2, 0.25) is 0 Å². The van der Waals surface area contributed by atoms with Gasteiger partial charge < -0.3 is 0 Å². The summed E-state index contributed by atoms with van der Waals surface area (Å²) < 4.78 is 0. The molecule has 220 valence electrons. The third-order valence-electron chi connectivity index (χ3n) is 11.7. The average Bonchev–Trinajstić information content (AvgIpc) is 3.34. The van der Waals surface area contributed by atoms with E-state index in [1.807, 2.05) is 0 Å². The maximum absolute atomic E-state index is 2.51. The lowest BCUT2D eigenvalue weighted by molar-refractivity contribution is 0.659. The van der Waals surface area contributed by atoms with E-state index in [-0.39, 0.29) is 11.3 Å². The Hall–Kier alpha value is -5.46. The van der Waals surface area contributed by atoms with Crippen LogP contribution < -0.4 is 0 Å². The van der Waals surface area contributed by atoms with E-state index >= 15 is 0 Å². The van der Waals surface area contributed by atoms with Gasteiger partial charge in [0.2, 0.25) is 0 Å². The van der Waals surface area contributed by atoms with Gasteiger partial charge in [-0.05, 0) is 117 Å². The second-order valence-electron chi connectivity index (χ2n) is 14.4. The molecule has 0 bridgehead atoms. The molecule has 0 N–H and O–H groups in total. The van der Waals surface area contributed by atoms with Crippen LogP contribution >= 0.6 is 0 Å². The Labute approximate surface area is 274 Å². The van der Waals surface area contributed by atoms with E-state index in [0.717, 1.165) is 6.42 Å². The van der Waals surface area contributed by atoms with Crippen molar-refractivity contribution in [1.29, 1.82) is 0 Å². The number of hydrogen-bond acceptors (Lipinski definition) is 0. The normalized spacial score (nSPS) is 16.9. The highest BCUT2D eigenvalue weighted by Gasteiger charge is 2.36. The fourth-order valence-corrected chi connectivity index (χ4v) is 9.37. The highest BCUT2D eigenvalue weighted by molar-refractivity contribution is 6.25. The molecule has 3 aliphatic rings. The zero-order valence-corrected chi connectivity index (χ0v) is 26.6. The van der Waals surface area contributed by atoms with E-state index < -0.39 is 0 Å². The van der Waals surface area contributed by atoms with Crippen molar-refractivity contribution in [1.82, 2.24) is 0 Å². The SMILES string of the molecule is CC1(C)c2cc(-c3ccc4ccc5cccc6ccc3c4c56)ccc2-c2ccc(C3C=Cc4ccc5c6c(ccc3c46)C=CC5)cc21. The molecule has 0 nitrogen and oxygen atoms in total. The largest absolute Gasteiger partial charge is 0.0795 e. The Kier molecular flexibility index (Phi) is 4.85. The summed E-state index contributed by atoms with van der Waals surface area (Å²) in [5.74, 6) is 0.246. The van der Waals surface area contributed by atoms with E-state index in [1.54, 1.807) is 0 Å². The second-order valence-corrected chi connectivity index (χ2v) is 14.4. The van der Waals surface area contributed by atoms with Crippen LogP contribution in [0.25, 0.3) is 77.5 Å². The van der Waals surface area contributed by atoms with Crippen molar-refractivity contribution >= 4 is 55.2 Å². The summed E-state index contributed by atoms with van der Waals surface area (Å²) in [6.45, 7) is 4.83. The van der Waals surface area contributed by atoms with Gasteiger partial charge in [-0.25, -0.2) is 0 Å². The highest BCUT2D eigenvalue weighted by Crippen LogP contribution is 2.52. The highest BCUT2D eigenvalue weighted by atomic mass is 14.4. The van der Waals surface area contributed by atoms with Crippen molar-refractivity contribution in [2.75, 3.05) is 0 Å². The van der Waals surface area contributed by atoms with E-state index in [0.29, 0.717) is 0 Å². The maximum atomic E-state index is 2.51. The van der Waals surface area contributed by atoms with Crippen molar-refractivity contribution in [2.24, 2.45) is 0 Å². The number of hydrogen-bond donors (Lipinski definition) is 0. The van der Waals surface area contributed by atoms with Gasteiger partial charge in [0.1, 0.15) is 0 Å². The zero-order valence-electron chi connectivity index (χ0n) is 26.6. The first kappa shape index (κ1) is 25.7. The van der Waals surface area contributed by atoms with E-state index in [2.05, 4.69) is 153 Å². The Morgan fingerprint density at radius 2 is 1.26 bits per heavy atom. The summed E-state index contributed by atoms with van der Waals surface area (Å²) in [5.41, 5.74) is 15.1. The van der Waals surface area contributed by atoms with Crippen LogP contribution in [0.4, 0.5) is 0 Å². The lowest BCUT2D eigenvalue weighted by Crippen LogP contribution is -2.16. The van der Waals surface area contributed by atoms with Gasteiger partial charge in [0.05, 0.1) is 0 Å². The molecule has 8 aromatic rings. The van der Waals surface area contributed by atoms with Crippen LogP contribution in [0.15, 0.2) is 127 Å². The molecule has 1 unspecified atom stereocenters. The van der Waals surface area contributed by atoms with E-state index in [1.165, 1.54) is 104 Å². The van der Waals surface area contributed by atoms with Crippen molar-refractivity contribution in [3.8, 4) is 22.3 Å². The van der Waals surface area contributed by atoms with Gasteiger partial charge in [-0.3, -0.25) is 0 Å². The topological polar surface area (TPSA) is 0 Å². The molecule has 0 heteroatoms. The molecule has 0 radical (unpaired) electrons. The van der Waals surface area contributed by atoms with Crippen molar-refractivity contribution in [3.05, 3.63) is 166 Å². The molecule has 0 heterocycles. The Balaban J connectivity index is 1.04. The summed E-state index contributed by atoms with van der Waals surface area (Å²) in [6, 6.07) is 44.3. The monoisotopic (exact) mass is 596 g/mol. The molecular formula is C47H32. The predicted octanol–water partition coefficient (Wildman–Crippen LogP) is 12.4. The van der Waals surface area contributed by atoms with Gasteiger partial charge in [0, 0.05) is 11.3 Å². The quantitative estimate of drug-likeness (QED) is 0.174. The summed E-state index contributed by atoms with van der Waals surface area (Å²) >= 11 is 0. The summed E-state index contributed by atoms with van der Waals surface area (Å²) in [5, 5.41) is 10.9.